The Balaban J connectivity index is 0.000000169. The monoisotopic (exact) mass is 914 g/mol. The van der Waals surface area contributed by atoms with E-state index in [4.69, 9.17) is 30.5 Å². The number of aromatic nitrogens is 2. The van der Waals surface area contributed by atoms with Gasteiger partial charge in [0.1, 0.15) is 6.07 Å². The standard InChI is InChI=1S/C23H22BrNO3.C19H14BrNO.C4H9ClO2/c1-16-13-19(24)23(28-15-27-12-11-26-2)22(14-16)25-20-9-5-3-7-17(20)18-8-4-6-10-21(18)25;1-12-10-15(20)19(22)18(11-12)21-16-8-4-2-6-13(16)14-7-3-5-9-17(14)21;1-6-2-3-7-4-5/h3-10,13-14H,11-12,15H2,1-2H3;2-11,22H,1H3;2-4H2,1H3. The average Bonchev–Trinajstić information content (AvgIpc) is 3.73. The van der Waals surface area contributed by atoms with Crippen molar-refractivity contribution in [3.63, 3.8) is 0 Å². The van der Waals surface area contributed by atoms with Crippen molar-refractivity contribution in [1.29, 1.82) is 0 Å². The van der Waals surface area contributed by atoms with Crippen molar-refractivity contribution < 1.29 is 28.8 Å². The molecule has 2 heterocycles. The van der Waals surface area contributed by atoms with Crippen molar-refractivity contribution in [3.05, 3.63) is 141 Å². The van der Waals surface area contributed by atoms with Crippen LogP contribution < -0.4 is 4.74 Å². The Morgan fingerprint density at radius 1 is 0.544 bits per heavy atom. The molecule has 0 radical (unpaired) electrons. The van der Waals surface area contributed by atoms with Crippen LogP contribution in [0.5, 0.6) is 11.5 Å². The number of ether oxygens (including phenoxy) is 5. The summed E-state index contributed by atoms with van der Waals surface area (Å²) < 4.78 is 32.0. The highest BCUT2D eigenvalue weighted by atomic mass is 79.9. The second kappa shape index (κ2) is 20.3. The molecule has 57 heavy (non-hydrogen) atoms. The highest BCUT2D eigenvalue weighted by Crippen LogP contribution is 2.40. The van der Waals surface area contributed by atoms with Gasteiger partial charge in [0.15, 0.2) is 18.3 Å². The van der Waals surface area contributed by atoms with E-state index in [1.54, 1.807) is 14.2 Å². The Labute approximate surface area is 354 Å². The predicted molar refractivity (Wildman–Crippen MR) is 240 cm³/mol. The van der Waals surface area contributed by atoms with Gasteiger partial charge in [-0.1, -0.05) is 84.4 Å². The highest BCUT2D eigenvalue weighted by molar-refractivity contribution is 9.11. The van der Waals surface area contributed by atoms with E-state index in [-0.39, 0.29) is 18.6 Å². The molecule has 0 unspecified atom stereocenters. The van der Waals surface area contributed by atoms with Crippen LogP contribution in [0.4, 0.5) is 0 Å². The van der Waals surface area contributed by atoms with Crippen LogP contribution in [-0.2, 0) is 18.9 Å². The van der Waals surface area contributed by atoms with Gasteiger partial charge in [0, 0.05) is 35.8 Å². The minimum atomic E-state index is 0.162. The van der Waals surface area contributed by atoms with Gasteiger partial charge >= 0.3 is 0 Å². The first-order valence-corrected chi connectivity index (χ1v) is 20.5. The van der Waals surface area contributed by atoms with Crippen LogP contribution in [0.1, 0.15) is 11.1 Å². The van der Waals surface area contributed by atoms with Gasteiger partial charge < -0.3 is 37.9 Å². The zero-order chi connectivity index (χ0) is 40.3. The molecule has 2 aromatic heterocycles. The molecule has 1 N–H and O–H groups in total. The van der Waals surface area contributed by atoms with Crippen molar-refractivity contribution >= 4 is 87.1 Å². The van der Waals surface area contributed by atoms with Gasteiger partial charge in [-0.25, -0.2) is 0 Å². The Kier molecular flexibility index (Phi) is 15.1. The molecule has 0 saturated heterocycles. The minimum absolute atomic E-state index is 0.162. The number of aromatic hydroxyl groups is 1. The van der Waals surface area contributed by atoms with Crippen LogP contribution in [0.3, 0.4) is 0 Å². The Morgan fingerprint density at radius 2 is 0.947 bits per heavy atom. The first-order chi connectivity index (χ1) is 27.8. The van der Waals surface area contributed by atoms with E-state index in [1.165, 1.54) is 21.5 Å². The lowest BCUT2D eigenvalue weighted by atomic mass is 10.2. The van der Waals surface area contributed by atoms with Gasteiger partial charge in [-0.15, -0.1) is 0 Å². The molecule has 0 amide bonds. The van der Waals surface area contributed by atoms with Gasteiger partial charge in [-0.3, -0.25) is 0 Å². The molecule has 0 spiro atoms. The van der Waals surface area contributed by atoms with Crippen LogP contribution in [0, 0.1) is 13.8 Å². The molecule has 8 nitrogen and oxygen atoms in total. The molecule has 11 heteroatoms. The lowest BCUT2D eigenvalue weighted by Crippen LogP contribution is -2.10. The van der Waals surface area contributed by atoms with Crippen LogP contribution in [0.15, 0.2) is 130 Å². The Morgan fingerprint density at radius 3 is 1.40 bits per heavy atom. The molecule has 0 fully saturated rings. The van der Waals surface area contributed by atoms with Gasteiger partial charge in [-0.2, -0.15) is 0 Å². The van der Waals surface area contributed by atoms with Crippen LogP contribution in [-0.4, -0.2) is 67.7 Å². The molecule has 0 aliphatic rings. The summed E-state index contributed by atoms with van der Waals surface area (Å²) in [5.41, 5.74) is 8.51. The van der Waals surface area contributed by atoms with E-state index < -0.39 is 0 Å². The van der Waals surface area contributed by atoms with Gasteiger partial charge in [0.25, 0.3) is 0 Å². The molecule has 0 saturated carbocycles. The van der Waals surface area contributed by atoms with Gasteiger partial charge in [0.2, 0.25) is 0 Å². The number of methoxy groups -OCH3 is 2. The third-order valence-corrected chi connectivity index (χ3v) is 10.6. The Bertz CT molecular complexity index is 2480. The summed E-state index contributed by atoms with van der Waals surface area (Å²) in [6.45, 7) is 6.51. The maximum Gasteiger partial charge on any atom is 0.189 e. The number of hydrogen-bond donors (Lipinski definition) is 1. The van der Waals surface area contributed by atoms with E-state index in [0.29, 0.717) is 30.9 Å². The fourth-order valence-electron chi connectivity index (χ4n) is 6.77. The lowest BCUT2D eigenvalue weighted by molar-refractivity contribution is -0.00878. The number of fused-ring (bicyclic) bond motifs is 6. The normalized spacial score (nSPS) is 11.1. The van der Waals surface area contributed by atoms with Crippen molar-refractivity contribution in [2.75, 3.05) is 53.5 Å². The zero-order valence-corrected chi connectivity index (χ0v) is 36.2. The molecular formula is C46H45Br2ClN2O6. The van der Waals surface area contributed by atoms with E-state index >= 15 is 0 Å². The maximum absolute atomic E-state index is 10.5. The smallest absolute Gasteiger partial charge is 0.189 e. The number of aryl methyl sites for hydroxylation is 2. The molecule has 8 aromatic rings. The molecule has 0 aliphatic carbocycles. The third-order valence-electron chi connectivity index (χ3n) is 9.23. The number of phenols is 1. The maximum atomic E-state index is 10.5. The molecule has 0 aliphatic heterocycles. The predicted octanol–water partition coefficient (Wildman–Crippen LogP) is 12.3. The summed E-state index contributed by atoms with van der Waals surface area (Å²) in [7, 11) is 3.28. The van der Waals surface area contributed by atoms with Crippen LogP contribution >= 0.6 is 43.5 Å². The molecule has 6 aromatic carbocycles. The van der Waals surface area contributed by atoms with Gasteiger partial charge in [-0.05, 0) is 105 Å². The number of benzene rings is 6. The van der Waals surface area contributed by atoms with Crippen molar-refractivity contribution in [2.24, 2.45) is 0 Å². The van der Waals surface area contributed by atoms with Crippen molar-refractivity contribution in [1.82, 2.24) is 9.13 Å². The zero-order valence-electron chi connectivity index (χ0n) is 32.3. The topological polar surface area (TPSA) is 76.2 Å². The second-order valence-electron chi connectivity index (χ2n) is 13.1. The summed E-state index contributed by atoms with van der Waals surface area (Å²) in [5.74, 6) is 1.02. The van der Waals surface area contributed by atoms with Crippen LogP contribution in [0.25, 0.3) is 55.0 Å². The second-order valence-corrected chi connectivity index (χ2v) is 15.0. The summed E-state index contributed by atoms with van der Waals surface area (Å²) in [4.78, 5) is 0. The molecule has 8 rings (SSSR count). The third kappa shape index (κ3) is 9.67. The van der Waals surface area contributed by atoms with E-state index in [2.05, 4.69) is 138 Å². The minimum Gasteiger partial charge on any atom is -0.505 e. The summed E-state index contributed by atoms with van der Waals surface area (Å²) in [6, 6.07) is 41.9. The molecule has 0 atom stereocenters. The SMILES string of the molecule is COCCOCCl.COCCOCOc1c(Br)cc(C)cc1-n1c2ccccc2c2ccccc21.Cc1cc(Br)c(O)c(-n2c3ccccc3c3ccccc32)c1. The molecule has 0 bridgehead atoms. The largest absolute Gasteiger partial charge is 0.505 e. The lowest BCUT2D eigenvalue weighted by Gasteiger charge is -2.17. The van der Waals surface area contributed by atoms with Gasteiger partial charge in [0.05, 0.1) is 68.8 Å². The number of rotatable bonds is 12. The molecular weight excluding hydrogens is 872 g/mol. The number of hydrogen-bond acceptors (Lipinski definition) is 6. The average molecular weight is 917 g/mol. The molecule has 296 valence electrons. The summed E-state index contributed by atoms with van der Waals surface area (Å²) >= 11 is 12.3. The Hall–Kier alpha value is -4.39. The quantitative estimate of drug-likeness (QED) is 0.0747. The van der Waals surface area contributed by atoms with E-state index in [1.807, 2.05) is 43.3 Å². The number of nitrogens with zero attached hydrogens (tertiary/aromatic N) is 2. The first-order valence-electron chi connectivity index (χ1n) is 18.4. The van der Waals surface area contributed by atoms with Crippen LogP contribution in [0.2, 0.25) is 0 Å². The summed E-state index contributed by atoms with van der Waals surface area (Å²) in [5, 5.41) is 15.4. The van der Waals surface area contributed by atoms with Crippen molar-refractivity contribution in [2.45, 2.75) is 13.8 Å². The number of alkyl halides is 1. The van der Waals surface area contributed by atoms with E-state index in [0.717, 1.165) is 54.8 Å². The fraction of sp³-hybridized carbons (Fsp3) is 0.217. The first kappa shape index (κ1) is 42.2. The number of para-hydroxylation sites is 4. The summed E-state index contributed by atoms with van der Waals surface area (Å²) in [6.07, 6.45) is 0. The highest BCUT2D eigenvalue weighted by Gasteiger charge is 2.18. The van der Waals surface area contributed by atoms with Crippen molar-refractivity contribution in [3.8, 4) is 22.9 Å². The number of phenolic OH excluding ortho intramolecular Hbond substituents is 1. The van der Waals surface area contributed by atoms with E-state index in [9.17, 15) is 5.11 Å². The fourth-order valence-corrected chi connectivity index (χ4v) is 8.12. The number of halogens is 3.